The molecule has 1 aromatic rings. The average Bonchev–Trinajstić information content (AvgIpc) is 2.45. The SMILES string of the molecule is CN(CC(O)c1ccc(OC(=O)C(C)(C)C)cc1)C(=O)OC(C)(C)C. The summed E-state index contributed by atoms with van der Waals surface area (Å²) in [5.41, 5.74) is -0.561. The minimum atomic E-state index is -0.870. The minimum absolute atomic E-state index is 0.0933. The first-order chi connectivity index (χ1) is 11.3. The Kier molecular flexibility index (Phi) is 6.60. The van der Waals surface area contributed by atoms with Crippen molar-refractivity contribution in [3.63, 3.8) is 0 Å². The van der Waals surface area contributed by atoms with E-state index >= 15 is 0 Å². The third kappa shape index (κ3) is 7.13. The molecule has 1 aromatic carbocycles. The molecule has 0 heterocycles. The summed E-state index contributed by atoms with van der Waals surface area (Å²) >= 11 is 0. The fourth-order valence-electron chi connectivity index (χ4n) is 1.80. The summed E-state index contributed by atoms with van der Waals surface area (Å²) < 4.78 is 10.5. The number of hydrogen-bond acceptors (Lipinski definition) is 5. The molecule has 1 unspecified atom stereocenters. The largest absolute Gasteiger partial charge is 0.444 e. The van der Waals surface area contributed by atoms with E-state index in [9.17, 15) is 14.7 Å². The van der Waals surface area contributed by atoms with E-state index in [1.54, 1.807) is 72.9 Å². The number of carbonyl (C=O) groups is 2. The molecule has 1 atom stereocenters. The highest BCUT2D eigenvalue weighted by Crippen LogP contribution is 2.22. The zero-order valence-corrected chi connectivity index (χ0v) is 16.1. The number of esters is 1. The van der Waals surface area contributed by atoms with E-state index in [4.69, 9.17) is 9.47 Å². The maximum absolute atomic E-state index is 11.9. The zero-order chi connectivity index (χ0) is 19.4. The van der Waals surface area contributed by atoms with Crippen molar-refractivity contribution in [3.8, 4) is 5.75 Å². The van der Waals surface area contributed by atoms with Crippen LogP contribution < -0.4 is 4.74 Å². The van der Waals surface area contributed by atoms with Gasteiger partial charge in [-0.2, -0.15) is 0 Å². The second-order valence-electron chi connectivity index (χ2n) is 8.09. The van der Waals surface area contributed by atoms with Crippen LogP contribution in [0.1, 0.15) is 53.2 Å². The van der Waals surface area contributed by atoms with Gasteiger partial charge in [0.05, 0.1) is 18.1 Å². The number of nitrogens with zero attached hydrogens (tertiary/aromatic N) is 1. The molecule has 25 heavy (non-hydrogen) atoms. The molecular weight excluding hydrogens is 322 g/mol. The van der Waals surface area contributed by atoms with E-state index in [0.29, 0.717) is 11.3 Å². The van der Waals surface area contributed by atoms with Gasteiger partial charge in [0.15, 0.2) is 0 Å². The summed E-state index contributed by atoms with van der Waals surface area (Å²) in [5.74, 6) is 0.0850. The van der Waals surface area contributed by atoms with Crippen LogP contribution in [-0.4, -0.2) is 41.3 Å². The highest BCUT2D eigenvalue weighted by molar-refractivity contribution is 5.77. The van der Waals surface area contributed by atoms with Crippen molar-refractivity contribution < 1.29 is 24.2 Å². The predicted molar refractivity (Wildman–Crippen MR) is 95.4 cm³/mol. The Labute approximate surface area is 149 Å². The number of rotatable bonds is 4. The summed E-state index contributed by atoms with van der Waals surface area (Å²) in [6, 6.07) is 6.57. The highest BCUT2D eigenvalue weighted by Gasteiger charge is 2.24. The van der Waals surface area contributed by atoms with Gasteiger partial charge in [0.2, 0.25) is 0 Å². The van der Waals surface area contributed by atoms with Gasteiger partial charge in [0, 0.05) is 7.05 Å². The molecule has 0 radical (unpaired) electrons. The van der Waals surface area contributed by atoms with E-state index in [2.05, 4.69) is 0 Å². The fraction of sp³-hybridized carbons (Fsp3) is 0.579. The first-order valence-electron chi connectivity index (χ1n) is 8.24. The molecule has 0 aliphatic heterocycles. The van der Waals surface area contributed by atoms with Crippen LogP contribution in [0.25, 0.3) is 0 Å². The van der Waals surface area contributed by atoms with Crippen LogP contribution in [-0.2, 0) is 9.53 Å². The molecule has 140 valence electrons. The number of carbonyl (C=O) groups excluding carboxylic acids is 2. The smallest absolute Gasteiger partial charge is 0.410 e. The molecule has 0 aliphatic rings. The number of benzene rings is 1. The molecule has 1 amide bonds. The summed E-state index contributed by atoms with van der Waals surface area (Å²) in [6.07, 6.45) is -1.37. The number of hydrogen-bond donors (Lipinski definition) is 1. The Morgan fingerprint density at radius 1 is 1.08 bits per heavy atom. The normalized spacial score (nSPS) is 13.1. The topological polar surface area (TPSA) is 76.1 Å². The average molecular weight is 351 g/mol. The van der Waals surface area contributed by atoms with Crippen LogP contribution in [0.3, 0.4) is 0 Å². The van der Waals surface area contributed by atoms with Gasteiger partial charge < -0.3 is 19.5 Å². The van der Waals surface area contributed by atoms with Gasteiger partial charge >= 0.3 is 12.1 Å². The summed E-state index contributed by atoms with van der Waals surface area (Å²) in [7, 11) is 1.57. The molecule has 0 aromatic heterocycles. The lowest BCUT2D eigenvalue weighted by atomic mass is 9.97. The molecule has 0 fully saturated rings. The highest BCUT2D eigenvalue weighted by atomic mass is 16.6. The number of ether oxygens (including phenoxy) is 2. The first kappa shape index (κ1) is 21.0. The molecule has 6 nitrogen and oxygen atoms in total. The number of aliphatic hydroxyl groups excluding tert-OH is 1. The molecule has 0 spiro atoms. The standard InChI is InChI=1S/C19H29NO5/c1-18(2,3)16(22)24-14-10-8-13(9-11-14)15(21)12-20(7)17(23)25-19(4,5)6/h8-11,15,21H,12H2,1-7H3. The van der Waals surface area contributed by atoms with Gasteiger partial charge in [0.1, 0.15) is 11.4 Å². The van der Waals surface area contributed by atoms with Crippen molar-refractivity contribution in [1.29, 1.82) is 0 Å². The summed E-state index contributed by atoms with van der Waals surface area (Å²) in [4.78, 5) is 25.1. The molecule has 0 saturated carbocycles. The Balaban J connectivity index is 2.66. The summed E-state index contributed by atoms with van der Waals surface area (Å²) in [5, 5.41) is 10.3. The van der Waals surface area contributed by atoms with Gasteiger partial charge in [-0.15, -0.1) is 0 Å². The Morgan fingerprint density at radius 2 is 1.60 bits per heavy atom. The quantitative estimate of drug-likeness (QED) is 0.663. The van der Waals surface area contributed by atoms with E-state index in [-0.39, 0.29) is 12.5 Å². The lowest BCUT2D eigenvalue weighted by Crippen LogP contribution is -2.36. The molecule has 1 rings (SSSR count). The van der Waals surface area contributed by atoms with Crippen LogP contribution in [0.4, 0.5) is 4.79 Å². The summed E-state index contributed by atoms with van der Waals surface area (Å²) in [6.45, 7) is 10.8. The van der Waals surface area contributed by atoms with E-state index in [1.165, 1.54) is 4.90 Å². The van der Waals surface area contributed by atoms with Crippen LogP contribution in [0, 0.1) is 5.41 Å². The third-order valence-corrected chi connectivity index (χ3v) is 3.24. The zero-order valence-electron chi connectivity index (χ0n) is 16.1. The molecule has 0 saturated heterocycles. The maximum Gasteiger partial charge on any atom is 0.410 e. The van der Waals surface area contributed by atoms with Crippen molar-refractivity contribution in [2.75, 3.05) is 13.6 Å². The van der Waals surface area contributed by atoms with Crippen LogP contribution >= 0.6 is 0 Å². The van der Waals surface area contributed by atoms with Gasteiger partial charge in [-0.05, 0) is 59.2 Å². The molecule has 0 bridgehead atoms. The van der Waals surface area contributed by atoms with Crippen LogP contribution in [0.2, 0.25) is 0 Å². The number of likely N-dealkylation sites (N-methyl/N-ethyl adjacent to an activating group) is 1. The number of amides is 1. The second-order valence-corrected chi connectivity index (χ2v) is 8.09. The lowest BCUT2D eigenvalue weighted by Gasteiger charge is -2.26. The third-order valence-electron chi connectivity index (χ3n) is 3.24. The van der Waals surface area contributed by atoms with Gasteiger partial charge in [-0.3, -0.25) is 4.79 Å². The van der Waals surface area contributed by atoms with Crippen molar-refractivity contribution in [3.05, 3.63) is 29.8 Å². The van der Waals surface area contributed by atoms with Gasteiger partial charge in [-0.25, -0.2) is 4.79 Å². The molecular formula is C19H29NO5. The number of aliphatic hydroxyl groups is 1. The van der Waals surface area contributed by atoms with Crippen molar-refractivity contribution >= 4 is 12.1 Å². The van der Waals surface area contributed by atoms with Crippen LogP contribution in [0.15, 0.2) is 24.3 Å². The lowest BCUT2D eigenvalue weighted by molar-refractivity contribution is -0.143. The molecule has 0 aliphatic carbocycles. The van der Waals surface area contributed by atoms with E-state index in [0.717, 1.165) is 0 Å². The Hall–Kier alpha value is -2.08. The Bertz CT molecular complexity index is 596. The van der Waals surface area contributed by atoms with E-state index in [1.807, 2.05) is 0 Å². The molecule has 6 heteroatoms. The second kappa shape index (κ2) is 7.87. The Morgan fingerprint density at radius 3 is 2.04 bits per heavy atom. The fourth-order valence-corrected chi connectivity index (χ4v) is 1.80. The van der Waals surface area contributed by atoms with Gasteiger partial charge in [0.25, 0.3) is 0 Å². The predicted octanol–water partition coefficient (Wildman–Crippen LogP) is 3.54. The van der Waals surface area contributed by atoms with E-state index < -0.39 is 23.2 Å². The maximum atomic E-state index is 11.9. The minimum Gasteiger partial charge on any atom is -0.444 e. The van der Waals surface area contributed by atoms with Crippen molar-refractivity contribution in [1.82, 2.24) is 4.90 Å². The first-order valence-corrected chi connectivity index (χ1v) is 8.24. The van der Waals surface area contributed by atoms with Gasteiger partial charge in [-0.1, -0.05) is 12.1 Å². The van der Waals surface area contributed by atoms with Crippen molar-refractivity contribution in [2.24, 2.45) is 5.41 Å². The van der Waals surface area contributed by atoms with Crippen LogP contribution in [0.5, 0.6) is 5.75 Å². The molecule has 1 N–H and O–H groups in total. The monoisotopic (exact) mass is 351 g/mol. The van der Waals surface area contributed by atoms with Crippen molar-refractivity contribution in [2.45, 2.75) is 53.2 Å².